The van der Waals surface area contributed by atoms with Crippen molar-refractivity contribution in [2.75, 3.05) is 6.61 Å². The zero-order valence-electron chi connectivity index (χ0n) is 10.3. The van der Waals surface area contributed by atoms with Gasteiger partial charge < -0.3 is 4.74 Å². The predicted octanol–water partition coefficient (Wildman–Crippen LogP) is 4.20. The molecule has 0 fully saturated rings. The van der Waals surface area contributed by atoms with E-state index in [2.05, 4.69) is 4.74 Å². The number of ether oxygens (including phenoxy) is 1. The Kier molecular flexibility index (Phi) is 5.42. The van der Waals surface area contributed by atoms with Crippen LogP contribution in [-0.4, -0.2) is 48.6 Å². The van der Waals surface area contributed by atoms with Crippen LogP contribution in [0.2, 0.25) is 0 Å². The molecule has 0 unspecified atom stereocenters. The van der Waals surface area contributed by atoms with Crippen LogP contribution >= 0.6 is 0 Å². The fourth-order valence-electron chi connectivity index (χ4n) is 0.851. The molecule has 0 saturated carbocycles. The van der Waals surface area contributed by atoms with Crippen LogP contribution in [0, 0.1) is 0 Å². The van der Waals surface area contributed by atoms with Gasteiger partial charge in [0.05, 0.1) is 0 Å². The van der Waals surface area contributed by atoms with Crippen molar-refractivity contribution in [3.63, 3.8) is 0 Å². The van der Waals surface area contributed by atoms with Gasteiger partial charge in [-0.2, -0.15) is 61.5 Å². The van der Waals surface area contributed by atoms with E-state index >= 15 is 0 Å². The summed E-state index contributed by atoms with van der Waals surface area (Å²) in [4.78, 5) is 10.4. The van der Waals surface area contributed by atoms with E-state index in [1.54, 1.807) is 0 Å². The minimum absolute atomic E-state index is 2.44. The van der Waals surface area contributed by atoms with Crippen molar-refractivity contribution in [2.45, 2.75) is 36.0 Å². The summed E-state index contributed by atoms with van der Waals surface area (Å²) in [5.74, 6) is -31.5. The molecule has 0 bridgehead atoms. The fourth-order valence-corrected chi connectivity index (χ4v) is 0.851. The van der Waals surface area contributed by atoms with Crippen LogP contribution in [0.15, 0.2) is 0 Å². The number of esters is 1. The van der Waals surface area contributed by atoms with Gasteiger partial charge in [-0.15, -0.1) is 0 Å². The molecule has 0 heterocycles. The van der Waals surface area contributed by atoms with E-state index in [0.717, 1.165) is 0 Å². The number of rotatable bonds is 5. The molecular weight excluding hydrogens is 394 g/mol. The summed E-state index contributed by atoms with van der Waals surface area (Å²) in [6.45, 7) is -3.54. The largest absolute Gasteiger partial charge is 0.460 e. The van der Waals surface area contributed by atoms with Crippen LogP contribution in [0.4, 0.5) is 61.5 Å². The first-order valence-electron chi connectivity index (χ1n) is 4.95. The Morgan fingerprint density at radius 2 is 0.958 bits per heavy atom. The Labute approximate surface area is 121 Å². The minimum Gasteiger partial charge on any atom is -0.454 e. The van der Waals surface area contributed by atoms with Gasteiger partial charge in [-0.05, 0) is 0 Å². The summed E-state index contributed by atoms with van der Waals surface area (Å²) in [6.07, 6.45) is -14.1. The van der Waals surface area contributed by atoms with Crippen LogP contribution < -0.4 is 0 Å². The molecule has 2 nitrogen and oxygen atoms in total. The number of halogens is 14. The van der Waals surface area contributed by atoms with Gasteiger partial charge in [0.25, 0.3) is 0 Å². The number of carbonyl (C=O) groups excluding carboxylic acids is 1. The summed E-state index contributed by atoms with van der Waals surface area (Å²) in [7, 11) is 0. The van der Waals surface area contributed by atoms with Crippen molar-refractivity contribution in [1.82, 2.24) is 0 Å². The van der Waals surface area contributed by atoms with Gasteiger partial charge in [-0.1, -0.05) is 0 Å². The maximum absolute atomic E-state index is 12.6. The van der Waals surface area contributed by atoms with E-state index in [1.807, 2.05) is 0 Å². The molecule has 0 amide bonds. The van der Waals surface area contributed by atoms with E-state index < -0.39 is 48.6 Å². The van der Waals surface area contributed by atoms with E-state index in [0.29, 0.717) is 0 Å². The Balaban J connectivity index is 5.36. The van der Waals surface area contributed by atoms with Gasteiger partial charge in [0, 0.05) is 0 Å². The maximum atomic E-state index is 12.6. The van der Waals surface area contributed by atoms with Gasteiger partial charge >= 0.3 is 42.0 Å². The summed E-state index contributed by atoms with van der Waals surface area (Å²) < 4.78 is 172. The molecule has 24 heavy (non-hydrogen) atoms. The van der Waals surface area contributed by atoms with Crippen LogP contribution in [0.3, 0.4) is 0 Å². The molecule has 0 rings (SSSR count). The molecule has 0 aromatic carbocycles. The average molecular weight is 396 g/mol. The van der Waals surface area contributed by atoms with Crippen molar-refractivity contribution < 1.29 is 71.0 Å². The average Bonchev–Trinajstić information content (AvgIpc) is 2.32. The lowest BCUT2D eigenvalue weighted by Crippen LogP contribution is -2.58. The second-order valence-corrected chi connectivity index (χ2v) is 4.00. The van der Waals surface area contributed by atoms with Crippen molar-refractivity contribution in [3.8, 4) is 0 Å². The first kappa shape index (κ1) is 22.5. The molecule has 144 valence electrons. The highest BCUT2D eigenvalue weighted by Crippen LogP contribution is 2.49. The number of hydrogen-bond acceptors (Lipinski definition) is 2. The molecule has 0 atom stereocenters. The number of carbonyl (C=O) groups is 1. The van der Waals surface area contributed by atoms with Gasteiger partial charge in [0.15, 0.2) is 6.61 Å². The van der Waals surface area contributed by atoms with Gasteiger partial charge in [-0.3, -0.25) is 0 Å². The molecule has 0 aliphatic heterocycles. The van der Waals surface area contributed by atoms with Crippen LogP contribution in [0.25, 0.3) is 0 Å². The lowest BCUT2D eigenvalue weighted by atomic mass is 10.1. The molecule has 0 N–H and O–H groups in total. The van der Waals surface area contributed by atoms with Crippen LogP contribution in [0.5, 0.6) is 0 Å². The zero-order chi connectivity index (χ0) is 20.0. The Bertz CT molecular complexity index is 472. The van der Waals surface area contributed by atoms with Gasteiger partial charge in [0.2, 0.25) is 0 Å². The molecular formula is C8H2F14O2. The lowest BCUT2D eigenvalue weighted by Gasteiger charge is -2.29. The quantitative estimate of drug-likeness (QED) is 0.515. The Morgan fingerprint density at radius 1 is 0.625 bits per heavy atom. The van der Waals surface area contributed by atoms with E-state index in [1.165, 1.54) is 0 Å². The van der Waals surface area contributed by atoms with Crippen LogP contribution in [-0.2, 0) is 9.53 Å². The number of hydrogen-bond donors (Lipinski definition) is 0. The normalized spacial score (nSPS) is 15.4. The van der Waals surface area contributed by atoms with E-state index in [4.69, 9.17) is 0 Å². The predicted molar refractivity (Wildman–Crippen MR) is 42.9 cm³/mol. The fraction of sp³-hybridized carbons (Fsp3) is 0.875. The first-order valence-corrected chi connectivity index (χ1v) is 4.95. The highest BCUT2D eigenvalue weighted by Gasteiger charge is 2.78. The Hall–Kier alpha value is -1.51. The molecule has 0 aliphatic carbocycles. The molecule has 0 aliphatic rings. The third-order valence-corrected chi connectivity index (χ3v) is 2.21. The summed E-state index contributed by atoms with van der Waals surface area (Å²) in [5, 5.41) is 0. The summed E-state index contributed by atoms with van der Waals surface area (Å²) in [5.41, 5.74) is 0. The third-order valence-electron chi connectivity index (χ3n) is 2.21. The van der Waals surface area contributed by atoms with Crippen molar-refractivity contribution in [3.05, 3.63) is 0 Å². The smallest absolute Gasteiger partial charge is 0.454 e. The van der Waals surface area contributed by atoms with Crippen molar-refractivity contribution in [1.29, 1.82) is 0 Å². The lowest BCUT2D eigenvalue weighted by molar-refractivity contribution is -0.365. The molecule has 0 spiro atoms. The van der Waals surface area contributed by atoms with Crippen molar-refractivity contribution >= 4 is 5.97 Å². The molecule has 0 aromatic heterocycles. The van der Waals surface area contributed by atoms with E-state index in [9.17, 15) is 66.3 Å². The second kappa shape index (κ2) is 5.79. The van der Waals surface area contributed by atoms with E-state index in [-0.39, 0.29) is 0 Å². The molecule has 0 saturated heterocycles. The highest BCUT2D eigenvalue weighted by atomic mass is 19.4. The Morgan fingerprint density at radius 3 is 1.25 bits per heavy atom. The minimum atomic E-state index is -7.17. The van der Waals surface area contributed by atoms with Gasteiger partial charge in [-0.25, -0.2) is 4.79 Å². The first-order chi connectivity index (χ1) is 10.1. The number of alkyl halides is 14. The van der Waals surface area contributed by atoms with Crippen molar-refractivity contribution in [2.24, 2.45) is 0 Å². The highest BCUT2D eigenvalue weighted by molar-refractivity contribution is 5.79. The maximum Gasteiger partial charge on any atom is 0.460 e. The third kappa shape index (κ3) is 3.60. The SMILES string of the molecule is O=C(OCC(F)(F)C(F)(F)C(F)(F)F)C(F)(F)C(F)(F)C(F)(F)F. The van der Waals surface area contributed by atoms with Gasteiger partial charge in [0.1, 0.15) is 0 Å². The second-order valence-electron chi connectivity index (χ2n) is 4.00. The zero-order valence-corrected chi connectivity index (χ0v) is 10.3. The molecule has 0 radical (unpaired) electrons. The monoisotopic (exact) mass is 396 g/mol. The topological polar surface area (TPSA) is 26.3 Å². The molecule has 16 heteroatoms. The summed E-state index contributed by atoms with van der Waals surface area (Å²) >= 11 is 0. The molecule has 0 aromatic rings. The standard InChI is InChI=1S/C8H2F14O2/c9-3(10,5(13,14)7(17,18)19)1-24-2(23)4(11,12)6(15,16)8(20,21)22/h1H2. The summed E-state index contributed by atoms with van der Waals surface area (Å²) in [6, 6.07) is 0. The van der Waals surface area contributed by atoms with Crippen LogP contribution in [0.1, 0.15) is 0 Å².